The molecule has 5 nitrogen and oxygen atoms in total. The van der Waals surface area contributed by atoms with Gasteiger partial charge in [-0.3, -0.25) is 0 Å². The Morgan fingerprint density at radius 1 is 1.18 bits per heavy atom. The second-order valence-electron chi connectivity index (χ2n) is 5.91. The standard InChI is InChI=1S/C17H32O5/c1-2-3-4-5-6-7-8-9-10-11-21-15-13-22-17(16(15)20)14(19)12-18/h4-5,14-20H,2-3,6-13H2,1H3/b5-4+/t14-,15+,16+,17+/m1/s1. The SMILES string of the molecule is CCC/C=C/CCCCCCO[C@H]1CO[C@@H]([C@H](O)CO)[C@H]1O. The lowest BCUT2D eigenvalue weighted by Crippen LogP contribution is -2.41. The van der Waals surface area contributed by atoms with Gasteiger partial charge in [0.15, 0.2) is 0 Å². The van der Waals surface area contributed by atoms with Crippen molar-refractivity contribution >= 4 is 0 Å². The van der Waals surface area contributed by atoms with Gasteiger partial charge in [0.05, 0.1) is 13.2 Å². The summed E-state index contributed by atoms with van der Waals surface area (Å²) in [6.45, 7) is 2.63. The van der Waals surface area contributed by atoms with Crippen LogP contribution in [0.25, 0.3) is 0 Å². The number of aliphatic hydroxyl groups is 3. The summed E-state index contributed by atoms with van der Waals surface area (Å²) in [5, 5.41) is 28.3. The van der Waals surface area contributed by atoms with Crippen molar-refractivity contribution in [3.63, 3.8) is 0 Å². The highest BCUT2D eigenvalue weighted by Gasteiger charge is 2.40. The van der Waals surface area contributed by atoms with E-state index in [0.29, 0.717) is 6.61 Å². The molecule has 0 aromatic rings. The highest BCUT2D eigenvalue weighted by atomic mass is 16.6. The van der Waals surface area contributed by atoms with Crippen LogP contribution in [0, 0.1) is 0 Å². The quantitative estimate of drug-likeness (QED) is 0.378. The van der Waals surface area contributed by atoms with Crippen LogP contribution in [-0.4, -0.2) is 59.6 Å². The summed E-state index contributed by atoms with van der Waals surface area (Å²) in [5.41, 5.74) is 0. The second kappa shape index (κ2) is 12.0. The zero-order valence-electron chi connectivity index (χ0n) is 13.7. The Morgan fingerprint density at radius 2 is 1.91 bits per heavy atom. The Labute approximate surface area is 133 Å². The van der Waals surface area contributed by atoms with Gasteiger partial charge in [-0.1, -0.05) is 38.3 Å². The number of aliphatic hydroxyl groups excluding tert-OH is 3. The van der Waals surface area contributed by atoms with Crippen molar-refractivity contribution in [1.82, 2.24) is 0 Å². The highest BCUT2D eigenvalue weighted by Crippen LogP contribution is 2.20. The van der Waals surface area contributed by atoms with E-state index in [0.717, 1.165) is 19.3 Å². The lowest BCUT2D eigenvalue weighted by atomic mass is 10.1. The van der Waals surface area contributed by atoms with E-state index >= 15 is 0 Å². The van der Waals surface area contributed by atoms with Crippen molar-refractivity contribution in [3.05, 3.63) is 12.2 Å². The van der Waals surface area contributed by atoms with E-state index in [4.69, 9.17) is 14.6 Å². The molecule has 5 heteroatoms. The molecule has 0 bridgehead atoms. The minimum absolute atomic E-state index is 0.269. The predicted molar refractivity (Wildman–Crippen MR) is 85.7 cm³/mol. The van der Waals surface area contributed by atoms with Crippen LogP contribution < -0.4 is 0 Å². The first kappa shape index (κ1) is 19.6. The first-order valence-corrected chi connectivity index (χ1v) is 8.55. The highest BCUT2D eigenvalue weighted by molar-refractivity contribution is 4.88. The van der Waals surface area contributed by atoms with Gasteiger partial charge in [-0.25, -0.2) is 0 Å². The number of allylic oxidation sites excluding steroid dienone is 2. The number of hydrogen-bond donors (Lipinski definition) is 3. The number of hydrogen-bond acceptors (Lipinski definition) is 5. The minimum atomic E-state index is -1.05. The third kappa shape index (κ3) is 7.20. The smallest absolute Gasteiger partial charge is 0.114 e. The second-order valence-corrected chi connectivity index (χ2v) is 5.91. The van der Waals surface area contributed by atoms with Gasteiger partial charge in [-0.05, 0) is 25.7 Å². The van der Waals surface area contributed by atoms with E-state index < -0.39 is 31.0 Å². The molecule has 1 aliphatic heterocycles. The van der Waals surface area contributed by atoms with Gasteiger partial charge in [0, 0.05) is 6.61 Å². The molecule has 0 saturated carbocycles. The molecular weight excluding hydrogens is 284 g/mol. The van der Waals surface area contributed by atoms with Gasteiger partial charge in [0.25, 0.3) is 0 Å². The fraction of sp³-hybridized carbons (Fsp3) is 0.882. The van der Waals surface area contributed by atoms with Crippen LogP contribution in [0.3, 0.4) is 0 Å². The van der Waals surface area contributed by atoms with E-state index in [9.17, 15) is 10.2 Å². The molecule has 130 valence electrons. The van der Waals surface area contributed by atoms with Crippen LogP contribution in [0.5, 0.6) is 0 Å². The van der Waals surface area contributed by atoms with Crippen LogP contribution in [0.4, 0.5) is 0 Å². The van der Waals surface area contributed by atoms with E-state index in [1.54, 1.807) is 0 Å². The van der Waals surface area contributed by atoms with Crippen molar-refractivity contribution in [1.29, 1.82) is 0 Å². The van der Waals surface area contributed by atoms with Crippen LogP contribution in [0.15, 0.2) is 12.2 Å². The van der Waals surface area contributed by atoms with Crippen LogP contribution in [0.1, 0.15) is 51.9 Å². The summed E-state index contributed by atoms with van der Waals surface area (Å²) in [4.78, 5) is 0. The Morgan fingerprint density at radius 3 is 2.64 bits per heavy atom. The molecule has 0 radical (unpaired) electrons. The largest absolute Gasteiger partial charge is 0.394 e. The molecule has 0 aliphatic carbocycles. The first-order chi connectivity index (χ1) is 10.7. The molecule has 0 unspecified atom stereocenters. The maximum Gasteiger partial charge on any atom is 0.114 e. The van der Waals surface area contributed by atoms with E-state index in [1.807, 2.05) is 0 Å². The van der Waals surface area contributed by atoms with E-state index in [-0.39, 0.29) is 6.61 Å². The summed E-state index contributed by atoms with van der Waals surface area (Å²) in [6, 6.07) is 0. The van der Waals surface area contributed by atoms with E-state index in [2.05, 4.69) is 19.1 Å². The van der Waals surface area contributed by atoms with Crippen molar-refractivity contribution in [2.75, 3.05) is 19.8 Å². The maximum atomic E-state index is 9.97. The average Bonchev–Trinajstić information content (AvgIpc) is 2.89. The van der Waals surface area contributed by atoms with Gasteiger partial charge < -0.3 is 24.8 Å². The van der Waals surface area contributed by atoms with Gasteiger partial charge in [0.1, 0.15) is 24.4 Å². The number of unbranched alkanes of at least 4 members (excludes halogenated alkanes) is 5. The lowest BCUT2D eigenvalue weighted by molar-refractivity contribution is -0.0730. The summed E-state index contributed by atoms with van der Waals surface area (Å²) >= 11 is 0. The van der Waals surface area contributed by atoms with Crippen molar-refractivity contribution in [3.8, 4) is 0 Å². The fourth-order valence-electron chi connectivity index (χ4n) is 2.56. The number of ether oxygens (including phenoxy) is 2. The molecule has 1 aliphatic rings. The molecular formula is C17H32O5. The molecule has 0 amide bonds. The normalized spacial score (nSPS) is 26.8. The topological polar surface area (TPSA) is 79.2 Å². The Hall–Kier alpha value is -0.460. The van der Waals surface area contributed by atoms with Crippen LogP contribution in [0.2, 0.25) is 0 Å². The maximum absolute atomic E-state index is 9.97. The molecule has 4 atom stereocenters. The Kier molecular flexibility index (Phi) is 10.7. The van der Waals surface area contributed by atoms with E-state index in [1.165, 1.54) is 25.7 Å². The minimum Gasteiger partial charge on any atom is -0.394 e. The molecule has 1 rings (SSSR count). The van der Waals surface area contributed by atoms with Crippen molar-refractivity contribution in [2.45, 2.75) is 76.3 Å². The van der Waals surface area contributed by atoms with Crippen molar-refractivity contribution < 1.29 is 24.8 Å². The molecule has 3 N–H and O–H groups in total. The fourth-order valence-corrected chi connectivity index (χ4v) is 2.56. The zero-order chi connectivity index (χ0) is 16.2. The van der Waals surface area contributed by atoms with Gasteiger partial charge in [-0.2, -0.15) is 0 Å². The average molecular weight is 316 g/mol. The summed E-state index contributed by atoms with van der Waals surface area (Å²) in [6.07, 6.45) is 9.46. The lowest BCUT2D eigenvalue weighted by Gasteiger charge is -2.20. The Bertz CT molecular complexity index is 295. The van der Waals surface area contributed by atoms with Gasteiger partial charge >= 0.3 is 0 Å². The molecule has 1 heterocycles. The molecule has 22 heavy (non-hydrogen) atoms. The van der Waals surface area contributed by atoms with Gasteiger partial charge in [-0.15, -0.1) is 0 Å². The zero-order valence-corrected chi connectivity index (χ0v) is 13.7. The summed E-state index contributed by atoms with van der Waals surface area (Å²) in [7, 11) is 0. The monoisotopic (exact) mass is 316 g/mol. The molecule has 1 saturated heterocycles. The molecule has 0 aromatic carbocycles. The molecule has 0 spiro atoms. The first-order valence-electron chi connectivity index (χ1n) is 8.55. The molecule has 1 fully saturated rings. The third-order valence-electron chi connectivity index (χ3n) is 3.96. The predicted octanol–water partition coefficient (Wildman–Crippen LogP) is 1.79. The van der Waals surface area contributed by atoms with Crippen molar-refractivity contribution in [2.24, 2.45) is 0 Å². The Balaban J connectivity index is 1.99. The third-order valence-corrected chi connectivity index (χ3v) is 3.96. The molecule has 0 aromatic heterocycles. The summed E-state index contributed by atoms with van der Waals surface area (Å²) < 4.78 is 10.9. The van der Waals surface area contributed by atoms with Crippen LogP contribution >= 0.6 is 0 Å². The number of rotatable bonds is 12. The summed E-state index contributed by atoms with van der Waals surface area (Å²) in [5.74, 6) is 0. The van der Waals surface area contributed by atoms with Gasteiger partial charge in [0.2, 0.25) is 0 Å². The van der Waals surface area contributed by atoms with Crippen LogP contribution in [-0.2, 0) is 9.47 Å².